The lowest BCUT2D eigenvalue weighted by atomic mass is 10.0. The second-order valence-electron chi connectivity index (χ2n) is 3.50. The molecule has 1 atom stereocenters. The quantitative estimate of drug-likeness (QED) is 0.636. The number of nitrogens with two attached hydrogens (primary N) is 1. The fourth-order valence-corrected chi connectivity index (χ4v) is 1.25. The van der Waals surface area contributed by atoms with Crippen LogP contribution in [0.25, 0.3) is 0 Å². The van der Waals surface area contributed by atoms with Crippen molar-refractivity contribution in [1.82, 2.24) is 5.32 Å². The summed E-state index contributed by atoms with van der Waals surface area (Å²) in [6.45, 7) is 2.56. The summed E-state index contributed by atoms with van der Waals surface area (Å²) in [6.07, 6.45) is 4.24. The Morgan fingerprint density at radius 2 is 2.33 bits per heavy atom. The van der Waals surface area contributed by atoms with Crippen LogP contribution in [-0.2, 0) is 4.79 Å². The summed E-state index contributed by atoms with van der Waals surface area (Å²) in [5.74, 6) is 0.192. The SMILES string of the molecule is CCCC(CN)C(=O)NC1CC1. The van der Waals surface area contributed by atoms with Crippen molar-refractivity contribution in [1.29, 1.82) is 0 Å². The molecule has 1 aliphatic rings. The van der Waals surface area contributed by atoms with E-state index in [2.05, 4.69) is 12.2 Å². The van der Waals surface area contributed by atoms with Crippen molar-refractivity contribution in [2.45, 2.75) is 38.6 Å². The maximum atomic E-state index is 11.4. The number of carbonyl (C=O) groups is 1. The Bertz CT molecular complexity index is 155. The molecule has 0 saturated heterocycles. The molecule has 12 heavy (non-hydrogen) atoms. The molecule has 1 unspecified atom stereocenters. The lowest BCUT2D eigenvalue weighted by molar-refractivity contribution is -0.125. The van der Waals surface area contributed by atoms with Crippen LogP contribution < -0.4 is 11.1 Å². The lowest BCUT2D eigenvalue weighted by Crippen LogP contribution is -2.36. The number of rotatable bonds is 5. The highest BCUT2D eigenvalue weighted by Gasteiger charge is 2.26. The predicted molar refractivity (Wildman–Crippen MR) is 48.6 cm³/mol. The van der Waals surface area contributed by atoms with Gasteiger partial charge in [0.2, 0.25) is 5.91 Å². The van der Waals surface area contributed by atoms with E-state index >= 15 is 0 Å². The Morgan fingerprint density at radius 1 is 1.67 bits per heavy atom. The summed E-state index contributed by atoms with van der Waals surface area (Å²) in [4.78, 5) is 11.4. The van der Waals surface area contributed by atoms with Crippen molar-refractivity contribution in [3.05, 3.63) is 0 Å². The van der Waals surface area contributed by atoms with E-state index in [1.165, 1.54) is 0 Å². The van der Waals surface area contributed by atoms with Crippen molar-refractivity contribution in [2.24, 2.45) is 11.7 Å². The molecule has 1 saturated carbocycles. The Labute approximate surface area is 73.7 Å². The first kappa shape index (κ1) is 9.52. The standard InChI is InChI=1S/C9H18N2O/c1-2-3-7(6-10)9(12)11-8-4-5-8/h7-8H,2-6,10H2,1H3,(H,11,12). The van der Waals surface area contributed by atoms with E-state index < -0.39 is 0 Å². The van der Waals surface area contributed by atoms with Crippen molar-refractivity contribution in [3.8, 4) is 0 Å². The van der Waals surface area contributed by atoms with Crippen molar-refractivity contribution >= 4 is 5.91 Å². The van der Waals surface area contributed by atoms with Gasteiger partial charge in [0, 0.05) is 12.6 Å². The molecule has 1 aliphatic carbocycles. The van der Waals surface area contributed by atoms with Crippen LogP contribution in [0.4, 0.5) is 0 Å². The molecule has 0 spiro atoms. The van der Waals surface area contributed by atoms with Gasteiger partial charge in [-0.15, -0.1) is 0 Å². The lowest BCUT2D eigenvalue weighted by Gasteiger charge is -2.12. The number of hydrogen-bond acceptors (Lipinski definition) is 2. The highest BCUT2D eigenvalue weighted by Crippen LogP contribution is 2.19. The molecule has 1 rings (SSSR count). The summed E-state index contributed by atoms with van der Waals surface area (Å²) >= 11 is 0. The van der Waals surface area contributed by atoms with Gasteiger partial charge in [0.1, 0.15) is 0 Å². The van der Waals surface area contributed by atoms with Gasteiger partial charge < -0.3 is 11.1 Å². The topological polar surface area (TPSA) is 55.1 Å². The van der Waals surface area contributed by atoms with Crippen LogP contribution >= 0.6 is 0 Å². The fourth-order valence-electron chi connectivity index (χ4n) is 1.25. The first-order valence-corrected chi connectivity index (χ1v) is 4.78. The minimum absolute atomic E-state index is 0.0376. The van der Waals surface area contributed by atoms with Gasteiger partial charge in [-0.05, 0) is 19.3 Å². The van der Waals surface area contributed by atoms with E-state index in [1.807, 2.05) is 0 Å². The third-order valence-corrected chi connectivity index (χ3v) is 2.22. The number of hydrogen-bond donors (Lipinski definition) is 2. The molecule has 0 radical (unpaired) electrons. The molecular weight excluding hydrogens is 152 g/mol. The molecule has 70 valence electrons. The summed E-state index contributed by atoms with van der Waals surface area (Å²) in [6, 6.07) is 0.461. The second-order valence-corrected chi connectivity index (χ2v) is 3.50. The first-order valence-electron chi connectivity index (χ1n) is 4.78. The van der Waals surface area contributed by atoms with Gasteiger partial charge in [-0.25, -0.2) is 0 Å². The monoisotopic (exact) mass is 170 g/mol. The molecule has 0 aromatic rings. The van der Waals surface area contributed by atoms with E-state index in [-0.39, 0.29) is 11.8 Å². The van der Waals surface area contributed by atoms with Crippen LogP contribution in [0.5, 0.6) is 0 Å². The summed E-state index contributed by atoms with van der Waals surface area (Å²) in [7, 11) is 0. The van der Waals surface area contributed by atoms with Crippen LogP contribution in [0.2, 0.25) is 0 Å². The Balaban J connectivity index is 2.24. The zero-order valence-corrected chi connectivity index (χ0v) is 7.68. The summed E-state index contributed by atoms with van der Waals surface area (Å²) in [5, 5.41) is 2.97. The molecule has 0 aromatic carbocycles. The van der Waals surface area contributed by atoms with E-state index in [0.29, 0.717) is 12.6 Å². The number of carbonyl (C=O) groups excluding carboxylic acids is 1. The molecule has 0 heterocycles. The minimum atomic E-state index is 0.0376. The predicted octanol–water partition coefficient (Wildman–Crippen LogP) is 0.640. The van der Waals surface area contributed by atoms with Crippen LogP contribution in [0.15, 0.2) is 0 Å². The second kappa shape index (κ2) is 4.45. The first-order chi connectivity index (χ1) is 5.77. The van der Waals surface area contributed by atoms with Gasteiger partial charge in [-0.1, -0.05) is 13.3 Å². The molecule has 3 heteroatoms. The smallest absolute Gasteiger partial charge is 0.224 e. The normalized spacial score (nSPS) is 18.8. The largest absolute Gasteiger partial charge is 0.353 e. The maximum Gasteiger partial charge on any atom is 0.224 e. The molecule has 0 bridgehead atoms. The molecule has 3 nitrogen and oxygen atoms in total. The zero-order chi connectivity index (χ0) is 8.97. The molecule has 3 N–H and O–H groups in total. The van der Waals surface area contributed by atoms with Gasteiger partial charge >= 0.3 is 0 Å². The molecule has 0 aliphatic heterocycles. The van der Waals surface area contributed by atoms with E-state index in [1.54, 1.807) is 0 Å². The van der Waals surface area contributed by atoms with Crippen molar-refractivity contribution in [3.63, 3.8) is 0 Å². The van der Waals surface area contributed by atoms with Gasteiger partial charge in [0.05, 0.1) is 5.92 Å². The third-order valence-electron chi connectivity index (χ3n) is 2.22. The average molecular weight is 170 g/mol. The fraction of sp³-hybridized carbons (Fsp3) is 0.889. The van der Waals surface area contributed by atoms with Crippen molar-refractivity contribution < 1.29 is 4.79 Å². The van der Waals surface area contributed by atoms with Crippen LogP contribution in [0.3, 0.4) is 0 Å². The molecule has 1 fully saturated rings. The number of nitrogens with one attached hydrogen (secondary N) is 1. The van der Waals surface area contributed by atoms with Gasteiger partial charge in [-0.2, -0.15) is 0 Å². The number of amides is 1. The molecule has 1 amide bonds. The van der Waals surface area contributed by atoms with Crippen LogP contribution in [0.1, 0.15) is 32.6 Å². The Kier molecular flexibility index (Phi) is 3.53. The molecular formula is C9H18N2O. The summed E-state index contributed by atoms with van der Waals surface area (Å²) < 4.78 is 0. The van der Waals surface area contributed by atoms with Gasteiger partial charge in [-0.3, -0.25) is 4.79 Å². The van der Waals surface area contributed by atoms with E-state index in [9.17, 15) is 4.79 Å². The Morgan fingerprint density at radius 3 is 2.75 bits per heavy atom. The third kappa shape index (κ3) is 2.81. The highest BCUT2D eigenvalue weighted by atomic mass is 16.2. The Hall–Kier alpha value is -0.570. The molecule has 0 aromatic heterocycles. The average Bonchev–Trinajstić information content (AvgIpc) is 2.83. The van der Waals surface area contributed by atoms with Gasteiger partial charge in [0.25, 0.3) is 0 Å². The maximum absolute atomic E-state index is 11.4. The highest BCUT2D eigenvalue weighted by molar-refractivity contribution is 5.79. The van der Waals surface area contributed by atoms with E-state index in [0.717, 1.165) is 25.7 Å². The van der Waals surface area contributed by atoms with Crippen molar-refractivity contribution in [2.75, 3.05) is 6.54 Å². The minimum Gasteiger partial charge on any atom is -0.353 e. The zero-order valence-electron chi connectivity index (χ0n) is 7.68. The van der Waals surface area contributed by atoms with E-state index in [4.69, 9.17) is 5.73 Å². The summed E-state index contributed by atoms with van der Waals surface area (Å²) in [5.41, 5.74) is 5.50. The van der Waals surface area contributed by atoms with Crippen LogP contribution in [-0.4, -0.2) is 18.5 Å². The van der Waals surface area contributed by atoms with Crippen LogP contribution in [0, 0.1) is 5.92 Å². The van der Waals surface area contributed by atoms with Gasteiger partial charge in [0.15, 0.2) is 0 Å².